The van der Waals surface area contributed by atoms with Gasteiger partial charge in [-0.1, -0.05) is 6.92 Å². The Kier molecular flexibility index (Phi) is 4.90. The van der Waals surface area contributed by atoms with Crippen molar-refractivity contribution in [1.82, 2.24) is 10.6 Å². The van der Waals surface area contributed by atoms with Crippen molar-refractivity contribution in [2.45, 2.75) is 25.8 Å². The van der Waals surface area contributed by atoms with Crippen LogP contribution < -0.4 is 10.6 Å². The van der Waals surface area contributed by atoms with E-state index in [1.165, 1.54) is 6.42 Å². The summed E-state index contributed by atoms with van der Waals surface area (Å²) in [6.07, 6.45) is 2.11. The molecule has 1 aliphatic heterocycles. The van der Waals surface area contributed by atoms with Gasteiger partial charge in [0.05, 0.1) is 12.6 Å². The molecule has 2 unspecified atom stereocenters. The first kappa shape index (κ1) is 11.5. The summed E-state index contributed by atoms with van der Waals surface area (Å²) in [6, 6.07) is -0.00407. The van der Waals surface area contributed by atoms with Crippen molar-refractivity contribution in [1.29, 1.82) is 0 Å². The first-order valence-electron chi connectivity index (χ1n) is 5.24. The van der Waals surface area contributed by atoms with E-state index in [-0.39, 0.29) is 11.9 Å². The number of piperidine rings is 1. The summed E-state index contributed by atoms with van der Waals surface area (Å²) in [5, 5.41) is 6.07. The van der Waals surface area contributed by atoms with E-state index in [1.807, 2.05) is 0 Å². The lowest BCUT2D eigenvalue weighted by atomic mass is 9.94. The highest BCUT2D eigenvalue weighted by molar-refractivity contribution is 5.81. The maximum atomic E-state index is 11.6. The topological polar surface area (TPSA) is 50.4 Å². The van der Waals surface area contributed by atoms with Crippen LogP contribution in [0.2, 0.25) is 0 Å². The molecule has 0 aliphatic carbocycles. The van der Waals surface area contributed by atoms with Crippen molar-refractivity contribution >= 4 is 5.91 Å². The van der Waals surface area contributed by atoms with E-state index in [4.69, 9.17) is 4.74 Å². The Labute approximate surface area is 85.4 Å². The molecule has 1 saturated heterocycles. The molecule has 1 rings (SSSR count). The Morgan fingerprint density at radius 2 is 2.43 bits per heavy atom. The van der Waals surface area contributed by atoms with Gasteiger partial charge in [-0.3, -0.25) is 4.79 Å². The second kappa shape index (κ2) is 5.98. The Morgan fingerprint density at radius 1 is 1.64 bits per heavy atom. The summed E-state index contributed by atoms with van der Waals surface area (Å²) in [5.74, 6) is 0.753. The van der Waals surface area contributed by atoms with Crippen LogP contribution in [0.1, 0.15) is 19.8 Å². The molecular weight excluding hydrogens is 180 g/mol. The summed E-state index contributed by atoms with van der Waals surface area (Å²) >= 11 is 0. The highest BCUT2D eigenvalue weighted by atomic mass is 16.5. The van der Waals surface area contributed by atoms with Crippen molar-refractivity contribution in [2.24, 2.45) is 5.92 Å². The van der Waals surface area contributed by atoms with Gasteiger partial charge in [0.2, 0.25) is 5.91 Å². The lowest BCUT2D eigenvalue weighted by molar-refractivity contribution is -0.124. The SMILES string of the molecule is COCCNC(=O)C1CC(C)CCN1. The van der Waals surface area contributed by atoms with E-state index in [1.54, 1.807) is 7.11 Å². The number of carbonyl (C=O) groups is 1. The first-order valence-corrected chi connectivity index (χ1v) is 5.24. The van der Waals surface area contributed by atoms with Crippen LogP contribution in [0, 0.1) is 5.92 Å². The van der Waals surface area contributed by atoms with E-state index >= 15 is 0 Å². The summed E-state index contributed by atoms with van der Waals surface area (Å²) in [4.78, 5) is 11.6. The molecule has 1 fully saturated rings. The van der Waals surface area contributed by atoms with Gasteiger partial charge in [-0.2, -0.15) is 0 Å². The second-order valence-corrected chi connectivity index (χ2v) is 3.92. The molecule has 14 heavy (non-hydrogen) atoms. The minimum atomic E-state index is -0.00407. The Morgan fingerprint density at radius 3 is 3.07 bits per heavy atom. The van der Waals surface area contributed by atoms with Crippen molar-refractivity contribution in [3.8, 4) is 0 Å². The number of nitrogens with one attached hydrogen (secondary N) is 2. The highest BCUT2D eigenvalue weighted by Gasteiger charge is 2.23. The zero-order valence-corrected chi connectivity index (χ0v) is 9.01. The summed E-state index contributed by atoms with van der Waals surface area (Å²) in [7, 11) is 1.63. The monoisotopic (exact) mass is 200 g/mol. The molecule has 2 N–H and O–H groups in total. The number of methoxy groups -OCH3 is 1. The van der Waals surface area contributed by atoms with Crippen LogP contribution in [0.5, 0.6) is 0 Å². The normalized spacial score (nSPS) is 27.3. The first-order chi connectivity index (χ1) is 6.74. The van der Waals surface area contributed by atoms with Crippen LogP contribution in [-0.2, 0) is 9.53 Å². The third kappa shape index (κ3) is 3.64. The quantitative estimate of drug-likeness (QED) is 0.635. The fourth-order valence-corrected chi connectivity index (χ4v) is 1.71. The highest BCUT2D eigenvalue weighted by Crippen LogP contribution is 2.14. The van der Waals surface area contributed by atoms with Gasteiger partial charge in [0.15, 0.2) is 0 Å². The van der Waals surface area contributed by atoms with Gasteiger partial charge in [0.1, 0.15) is 0 Å². The average molecular weight is 200 g/mol. The molecule has 0 spiro atoms. The van der Waals surface area contributed by atoms with Crippen molar-refractivity contribution in [2.75, 3.05) is 26.8 Å². The van der Waals surface area contributed by atoms with Crippen LogP contribution in [0.25, 0.3) is 0 Å². The molecular formula is C10H20N2O2. The smallest absolute Gasteiger partial charge is 0.237 e. The van der Waals surface area contributed by atoms with Crippen molar-refractivity contribution in [3.05, 3.63) is 0 Å². The third-order valence-electron chi connectivity index (χ3n) is 2.59. The summed E-state index contributed by atoms with van der Waals surface area (Å²) < 4.78 is 4.87. The van der Waals surface area contributed by atoms with Crippen LogP contribution in [0.4, 0.5) is 0 Å². The second-order valence-electron chi connectivity index (χ2n) is 3.92. The van der Waals surface area contributed by atoms with Gasteiger partial charge in [-0.15, -0.1) is 0 Å². The molecule has 1 heterocycles. The van der Waals surface area contributed by atoms with E-state index in [2.05, 4.69) is 17.6 Å². The lowest BCUT2D eigenvalue weighted by Gasteiger charge is -2.27. The molecule has 1 aliphatic rings. The molecule has 0 bridgehead atoms. The van der Waals surface area contributed by atoms with Crippen molar-refractivity contribution in [3.63, 3.8) is 0 Å². The van der Waals surface area contributed by atoms with Crippen LogP contribution in [0.15, 0.2) is 0 Å². The number of hydrogen-bond acceptors (Lipinski definition) is 3. The van der Waals surface area contributed by atoms with Crippen LogP contribution in [-0.4, -0.2) is 38.8 Å². The molecule has 82 valence electrons. The van der Waals surface area contributed by atoms with E-state index in [0.29, 0.717) is 19.1 Å². The number of rotatable bonds is 4. The average Bonchev–Trinajstić information content (AvgIpc) is 2.18. The zero-order chi connectivity index (χ0) is 10.4. The predicted octanol–water partition coefficient (Wildman–Crippen LogP) is 0.137. The summed E-state index contributed by atoms with van der Waals surface area (Å²) in [6.45, 7) is 4.32. The van der Waals surface area contributed by atoms with Gasteiger partial charge in [0, 0.05) is 13.7 Å². The van der Waals surface area contributed by atoms with Gasteiger partial charge < -0.3 is 15.4 Å². The standard InChI is InChI=1S/C10H20N2O2/c1-8-3-4-11-9(7-8)10(13)12-5-6-14-2/h8-9,11H,3-7H2,1-2H3,(H,12,13). The minimum absolute atomic E-state index is 0.00407. The molecule has 4 heteroatoms. The van der Waals surface area contributed by atoms with E-state index < -0.39 is 0 Å². The van der Waals surface area contributed by atoms with Gasteiger partial charge in [-0.25, -0.2) is 0 Å². The van der Waals surface area contributed by atoms with Gasteiger partial charge in [-0.05, 0) is 25.3 Å². The maximum Gasteiger partial charge on any atom is 0.237 e. The van der Waals surface area contributed by atoms with Crippen LogP contribution >= 0.6 is 0 Å². The Hall–Kier alpha value is -0.610. The fourth-order valence-electron chi connectivity index (χ4n) is 1.71. The molecule has 0 radical (unpaired) electrons. The minimum Gasteiger partial charge on any atom is -0.383 e. The molecule has 4 nitrogen and oxygen atoms in total. The number of amides is 1. The molecule has 1 amide bonds. The maximum absolute atomic E-state index is 11.6. The number of hydrogen-bond donors (Lipinski definition) is 2. The molecule has 0 aromatic carbocycles. The number of ether oxygens (including phenoxy) is 1. The van der Waals surface area contributed by atoms with E-state index in [0.717, 1.165) is 13.0 Å². The molecule has 0 aromatic rings. The van der Waals surface area contributed by atoms with Crippen LogP contribution in [0.3, 0.4) is 0 Å². The largest absolute Gasteiger partial charge is 0.383 e. The zero-order valence-electron chi connectivity index (χ0n) is 9.01. The molecule has 0 aromatic heterocycles. The predicted molar refractivity (Wildman–Crippen MR) is 55.1 cm³/mol. The molecule has 2 atom stereocenters. The Balaban J connectivity index is 2.22. The third-order valence-corrected chi connectivity index (χ3v) is 2.59. The van der Waals surface area contributed by atoms with Gasteiger partial charge in [0.25, 0.3) is 0 Å². The lowest BCUT2D eigenvalue weighted by Crippen LogP contribution is -2.48. The Bertz CT molecular complexity index is 185. The summed E-state index contributed by atoms with van der Waals surface area (Å²) in [5.41, 5.74) is 0. The fraction of sp³-hybridized carbons (Fsp3) is 0.900. The van der Waals surface area contributed by atoms with Crippen molar-refractivity contribution < 1.29 is 9.53 Å². The number of carbonyl (C=O) groups excluding carboxylic acids is 1. The van der Waals surface area contributed by atoms with E-state index in [9.17, 15) is 4.79 Å². The molecule has 0 saturated carbocycles. The van der Waals surface area contributed by atoms with Gasteiger partial charge >= 0.3 is 0 Å².